The van der Waals surface area contributed by atoms with Gasteiger partial charge in [0, 0.05) is 16.0 Å². The van der Waals surface area contributed by atoms with E-state index in [0.717, 1.165) is 22.3 Å². The van der Waals surface area contributed by atoms with Crippen LogP contribution in [0.1, 0.15) is 39.4 Å². The van der Waals surface area contributed by atoms with Gasteiger partial charge in [-0.2, -0.15) is 0 Å². The van der Waals surface area contributed by atoms with Gasteiger partial charge in [0.2, 0.25) is 0 Å². The summed E-state index contributed by atoms with van der Waals surface area (Å²) in [7, 11) is 0. The Balaban J connectivity index is 2.02. The monoisotopic (exact) mass is 427 g/mol. The van der Waals surface area contributed by atoms with Crippen LogP contribution in [0.15, 0.2) is 48.5 Å². The molecule has 0 bridgehead atoms. The molecule has 0 aliphatic rings. The van der Waals surface area contributed by atoms with Crippen LogP contribution in [0.5, 0.6) is 5.75 Å². The van der Waals surface area contributed by atoms with E-state index in [9.17, 15) is 14.0 Å². The van der Waals surface area contributed by atoms with Gasteiger partial charge in [0.15, 0.2) is 0 Å². The van der Waals surface area contributed by atoms with Crippen molar-refractivity contribution < 1.29 is 23.5 Å². The molecule has 0 saturated carbocycles. The zero-order chi connectivity index (χ0) is 21.7. The van der Waals surface area contributed by atoms with Gasteiger partial charge in [-0.1, -0.05) is 18.2 Å². The van der Waals surface area contributed by atoms with Crippen molar-refractivity contribution in [1.82, 2.24) is 0 Å². The van der Waals surface area contributed by atoms with Gasteiger partial charge in [0.1, 0.15) is 22.1 Å². The molecule has 30 heavy (non-hydrogen) atoms. The number of esters is 1. The summed E-state index contributed by atoms with van der Waals surface area (Å²) < 4.78 is 24.2. The molecular weight excluding hydrogens is 405 g/mol. The SMILES string of the molecule is CCOC(=O)c1c(NC(=O)c2cccc(F)c2)sc(C)c1-c1ccc(OCC)cc1. The van der Waals surface area contributed by atoms with E-state index < -0.39 is 17.7 Å². The molecule has 3 aromatic rings. The summed E-state index contributed by atoms with van der Waals surface area (Å²) in [4.78, 5) is 26.2. The van der Waals surface area contributed by atoms with Gasteiger partial charge >= 0.3 is 5.97 Å². The molecule has 0 atom stereocenters. The van der Waals surface area contributed by atoms with E-state index in [-0.39, 0.29) is 17.7 Å². The molecule has 2 aromatic carbocycles. The lowest BCUT2D eigenvalue weighted by molar-refractivity contribution is 0.0529. The van der Waals surface area contributed by atoms with E-state index in [1.54, 1.807) is 6.92 Å². The molecule has 1 amide bonds. The van der Waals surface area contributed by atoms with Crippen LogP contribution in [-0.2, 0) is 4.74 Å². The van der Waals surface area contributed by atoms with E-state index in [0.29, 0.717) is 17.2 Å². The van der Waals surface area contributed by atoms with Crippen molar-refractivity contribution in [2.24, 2.45) is 0 Å². The number of carbonyl (C=O) groups excluding carboxylic acids is 2. The second-order valence-electron chi connectivity index (χ2n) is 6.38. The van der Waals surface area contributed by atoms with Gasteiger partial charge in [-0.05, 0) is 56.7 Å². The van der Waals surface area contributed by atoms with Gasteiger partial charge in [-0.15, -0.1) is 11.3 Å². The molecule has 5 nitrogen and oxygen atoms in total. The third-order valence-corrected chi connectivity index (χ3v) is 5.35. The van der Waals surface area contributed by atoms with Crippen molar-refractivity contribution in [3.63, 3.8) is 0 Å². The standard InChI is InChI=1S/C23H22FNO4S/c1-4-28-18-11-9-15(10-12-18)19-14(3)30-22(20(19)23(27)29-5-2)25-21(26)16-7-6-8-17(24)13-16/h6-13H,4-5H2,1-3H3,(H,25,26). The molecule has 7 heteroatoms. The van der Waals surface area contributed by atoms with Crippen LogP contribution in [-0.4, -0.2) is 25.1 Å². The number of ether oxygens (including phenoxy) is 2. The summed E-state index contributed by atoms with van der Waals surface area (Å²) >= 11 is 1.27. The number of aryl methyl sites for hydroxylation is 1. The van der Waals surface area contributed by atoms with Crippen molar-refractivity contribution >= 4 is 28.2 Å². The van der Waals surface area contributed by atoms with E-state index in [1.807, 2.05) is 38.1 Å². The Morgan fingerprint density at radius 2 is 1.80 bits per heavy atom. The smallest absolute Gasteiger partial charge is 0.341 e. The van der Waals surface area contributed by atoms with Crippen LogP contribution in [0.4, 0.5) is 9.39 Å². The quantitative estimate of drug-likeness (QED) is 0.492. The third kappa shape index (κ3) is 4.68. The predicted octanol–water partition coefficient (Wildman–Crippen LogP) is 5.69. The number of hydrogen-bond donors (Lipinski definition) is 1. The molecular formula is C23H22FNO4S. The first-order valence-electron chi connectivity index (χ1n) is 9.55. The number of carbonyl (C=O) groups is 2. The molecule has 0 aliphatic heterocycles. The molecule has 0 fully saturated rings. The lowest BCUT2D eigenvalue weighted by Crippen LogP contribution is -2.15. The van der Waals surface area contributed by atoms with Crippen LogP contribution < -0.4 is 10.1 Å². The number of hydrogen-bond acceptors (Lipinski definition) is 5. The minimum Gasteiger partial charge on any atom is -0.494 e. The molecule has 0 unspecified atom stereocenters. The number of anilines is 1. The van der Waals surface area contributed by atoms with Gasteiger partial charge in [-0.3, -0.25) is 4.79 Å². The average Bonchev–Trinajstić information content (AvgIpc) is 3.04. The Hall–Kier alpha value is -3.19. The first-order chi connectivity index (χ1) is 14.4. The van der Waals surface area contributed by atoms with Crippen molar-refractivity contribution in [2.45, 2.75) is 20.8 Å². The summed E-state index contributed by atoms with van der Waals surface area (Å²) in [5.41, 5.74) is 1.95. The van der Waals surface area contributed by atoms with Gasteiger partial charge in [0.25, 0.3) is 5.91 Å². The zero-order valence-electron chi connectivity index (χ0n) is 17.0. The third-order valence-electron chi connectivity index (χ3n) is 4.33. The number of halogens is 1. The summed E-state index contributed by atoms with van der Waals surface area (Å²) in [6.45, 7) is 6.26. The Labute approximate surface area is 178 Å². The van der Waals surface area contributed by atoms with Crippen LogP contribution >= 0.6 is 11.3 Å². The minimum absolute atomic E-state index is 0.165. The van der Waals surface area contributed by atoms with E-state index >= 15 is 0 Å². The van der Waals surface area contributed by atoms with Gasteiger partial charge < -0.3 is 14.8 Å². The molecule has 0 spiro atoms. The number of amides is 1. The largest absolute Gasteiger partial charge is 0.494 e. The molecule has 1 N–H and O–H groups in total. The minimum atomic E-state index is -0.528. The van der Waals surface area contributed by atoms with Gasteiger partial charge in [-0.25, -0.2) is 9.18 Å². The summed E-state index contributed by atoms with van der Waals surface area (Å²) in [6, 6.07) is 12.8. The van der Waals surface area contributed by atoms with E-state index in [1.165, 1.54) is 29.5 Å². The molecule has 1 aromatic heterocycles. The fraction of sp³-hybridized carbons (Fsp3) is 0.217. The highest BCUT2D eigenvalue weighted by molar-refractivity contribution is 7.17. The lowest BCUT2D eigenvalue weighted by atomic mass is 10.0. The number of rotatable bonds is 7. The van der Waals surface area contributed by atoms with Crippen molar-refractivity contribution in [3.8, 4) is 16.9 Å². The van der Waals surface area contributed by atoms with E-state index in [4.69, 9.17) is 9.47 Å². The molecule has 0 aliphatic carbocycles. The second-order valence-corrected chi connectivity index (χ2v) is 7.60. The second kappa shape index (κ2) is 9.54. The molecule has 1 heterocycles. The molecule has 156 valence electrons. The zero-order valence-corrected chi connectivity index (χ0v) is 17.8. The Bertz CT molecular complexity index is 1060. The predicted molar refractivity (Wildman–Crippen MR) is 116 cm³/mol. The van der Waals surface area contributed by atoms with Crippen molar-refractivity contribution in [3.05, 3.63) is 70.4 Å². The summed E-state index contributed by atoms with van der Waals surface area (Å²) in [5.74, 6) is -0.808. The highest BCUT2D eigenvalue weighted by atomic mass is 32.1. The highest BCUT2D eigenvalue weighted by Crippen LogP contribution is 2.41. The summed E-state index contributed by atoms with van der Waals surface area (Å²) in [5, 5.41) is 3.11. The molecule has 3 rings (SSSR count). The van der Waals surface area contributed by atoms with Gasteiger partial charge in [0.05, 0.1) is 13.2 Å². The topological polar surface area (TPSA) is 64.6 Å². The molecule has 0 radical (unpaired) electrons. The highest BCUT2D eigenvalue weighted by Gasteiger charge is 2.26. The maximum absolute atomic E-state index is 13.5. The fourth-order valence-electron chi connectivity index (χ4n) is 3.07. The Morgan fingerprint density at radius 1 is 1.07 bits per heavy atom. The average molecular weight is 427 g/mol. The first-order valence-corrected chi connectivity index (χ1v) is 10.4. The first kappa shape index (κ1) is 21.5. The van der Waals surface area contributed by atoms with Crippen molar-refractivity contribution in [1.29, 1.82) is 0 Å². The maximum atomic E-state index is 13.5. The Kier molecular flexibility index (Phi) is 6.84. The van der Waals surface area contributed by atoms with E-state index in [2.05, 4.69) is 5.32 Å². The van der Waals surface area contributed by atoms with Crippen LogP contribution in [0, 0.1) is 12.7 Å². The van der Waals surface area contributed by atoms with Crippen LogP contribution in [0.3, 0.4) is 0 Å². The fourth-order valence-corrected chi connectivity index (χ4v) is 4.13. The Morgan fingerprint density at radius 3 is 2.43 bits per heavy atom. The van der Waals surface area contributed by atoms with Crippen LogP contribution in [0.2, 0.25) is 0 Å². The number of nitrogens with one attached hydrogen (secondary N) is 1. The lowest BCUT2D eigenvalue weighted by Gasteiger charge is -2.10. The van der Waals surface area contributed by atoms with Crippen LogP contribution in [0.25, 0.3) is 11.1 Å². The van der Waals surface area contributed by atoms with Crippen molar-refractivity contribution in [2.75, 3.05) is 18.5 Å². The number of thiophene rings is 1. The maximum Gasteiger partial charge on any atom is 0.341 e. The summed E-state index contributed by atoms with van der Waals surface area (Å²) in [6.07, 6.45) is 0. The normalized spacial score (nSPS) is 10.5. The molecule has 0 saturated heterocycles. The number of benzene rings is 2.